The van der Waals surface area contributed by atoms with Crippen LogP contribution in [0, 0.1) is 19.7 Å². The van der Waals surface area contributed by atoms with Crippen LogP contribution in [0.25, 0.3) is 0 Å². The number of hydrogen-bond acceptors (Lipinski definition) is 6. The van der Waals surface area contributed by atoms with Crippen molar-refractivity contribution < 1.29 is 40.8 Å². The van der Waals surface area contributed by atoms with Crippen LogP contribution in [0.15, 0.2) is 57.9 Å². The van der Waals surface area contributed by atoms with E-state index in [2.05, 4.69) is 14.7 Å². The van der Waals surface area contributed by atoms with E-state index < -0.39 is 61.9 Å². The maximum atomic E-state index is 13.6. The Bertz CT molecular complexity index is 1590. The number of halogens is 4. The van der Waals surface area contributed by atoms with E-state index in [0.717, 1.165) is 19.1 Å². The molecule has 0 aliphatic carbocycles. The lowest BCUT2D eigenvalue weighted by molar-refractivity contribution is -0.138. The highest BCUT2D eigenvalue weighted by molar-refractivity contribution is 7.93. The number of anilines is 1. The van der Waals surface area contributed by atoms with Crippen molar-refractivity contribution in [2.45, 2.75) is 51.3 Å². The molecule has 8 nitrogen and oxygen atoms in total. The normalized spacial score (nSPS) is 13.2. The highest BCUT2D eigenvalue weighted by atomic mass is 32.2. The molecule has 0 bridgehead atoms. The first kappa shape index (κ1) is 30.5. The van der Waals surface area contributed by atoms with Crippen LogP contribution in [-0.2, 0) is 20.6 Å². The van der Waals surface area contributed by atoms with Gasteiger partial charge < -0.3 is 14.8 Å². The fourth-order valence-corrected chi connectivity index (χ4v) is 4.62. The third-order valence-electron chi connectivity index (χ3n) is 5.35. The topological polar surface area (TPSA) is 107 Å². The summed E-state index contributed by atoms with van der Waals surface area (Å²) >= 11 is 0. The Balaban J connectivity index is 2.02. The second-order valence-electron chi connectivity index (χ2n) is 9.84. The number of hydrogen-bond donors (Lipinski definition) is 1. The van der Waals surface area contributed by atoms with Crippen molar-refractivity contribution in [3.8, 4) is 11.6 Å². The van der Waals surface area contributed by atoms with Gasteiger partial charge in [0.15, 0.2) is 0 Å². The number of aromatic nitrogens is 1. The first-order chi connectivity index (χ1) is 18.4. The Morgan fingerprint density at radius 1 is 1.05 bits per heavy atom. The van der Waals surface area contributed by atoms with E-state index in [1.165, 1.54) is 43.5 Å². The van der Waals surface area contributed by atoms with Crippen molar-refractivity contribution in [1.29, 1.82) is 0 Å². The highest BCUT2D eigenvalue weighted by Crippen LogP contribution is 2.37. The lowest BCUT2D eigenvalue weighted by Gasteiger charge is -2.18. The molecule has 0 saturated heterocycles. The molecule has 1 aromatic heterocycles. The lowest BCUT2D eigenvalue weighted by Crippen LogP contribution is -2.22. The highest BCUT2D eigenvalue weighted by Gasteiger charge is 2.36. The maximum Gasteiger partial charge on any atom is 0.442 e. The number of pyridine rings is 1. The van der Waals surface area contributed by atoms with Crippen molar-refractivity contribution in [3.63, 3.8) is 0 Å². The summed E-state index contributed by atoms with van der Waals surface area (Å²) in [6, 6.07) is 9.03. The minimum atomic E-state index is -4.81. The summed E-state index contributed by atoms with van der Waals surface area (Å²) in [6.07, 6.45) is -4.10. The smallest absolute Gasteiger partial charge is 0.442 e. The van der Waals surface area contributed by atoms with Crippen LogP contribution < -0.4 is 10.1 Å². The van der Waals surface area contributed by atoms with Gasteiger partial charge in [-0.05, 0) is 82.1 Å². The molecule has 2 aromatic carbocycles. The molecule has 0 fully saturated rings. The summed E-state index contributed by atoms with van der Waals surface area (Å²) in [5, 5.41) is 2.46. The van der Waals surface area contributed by atoms with Crippen LogP contribution in [-0.4, -0.2) is 33.1 Å². The molecule has 1 N–H and O–H groups in total. The standard InChI is InChI=1S/C27H27F4N3O5S/c1-15-12-17(28)10-11-21(15)38-24-22(16(2)20(14-32-24)27(29,30)31)23(35)33-18-8-7-9-19(13-18)40(6,37)34-25(36)39-26(3,4)5/h7-14H,1-6H3,(H,33,35). The largest absolute Gasteiger partial charge is 0.442 e. The SMILES string of the molecule is Cc1cc(F)ccc1Oc1ncc(C(F)(F)F)c(C)c1C(=O)Nc1cccc(S(C)(=O)=NC(=O)OC(C)(C)C)c1. The van der Waals surface area contributed by atoms with Gasteiger partial charge in [-0.3, -0.25) is 4.79 Å². The third kappa shape index (κ3) is 7.56. The van der Waals surface area contributed by atoms with Gasteiger partial charge in [-0.2, -0.15) is 13.2 Å². The van der Waals surface area contributed by atoms with E-state index in [-0.39, 0.29) is 16.3 Å². The van der Waals surface area contributed by atoms with Gasteiger partial charge in [0.2, 0.25) is 5.88 Å². The molecule has 0 aliphatic rings. The second kappa shape index (κ2) is 11.2. The molecule has 0 saturated carbocycles. The number of amides is 2. The molecule has 3 rings (SSSR count). The minimum Gasteiger partial charge on any atom is -0.442 e. The Kier molecular flexibility index (Phi) is 8.58. The van der Waals surface area contributed by atoms with Crippen molar-refractivity contribution >= 4 is 27.4 Å². The number of ether oxygens (including phenoxy) is 2. The quantitative estimate of drug-likeness (QED) is 0.317. The average molecular weight is 582 g/mol. The van der Waals surface area contributed by atoms with Gasteiger partial charge in [-0.15, -0.1) is 4.36 Å². The van der Waals surface area contributed by atoms with E-state index in [1.807, 2.05) is 0 Å². The molecule has 1 atom stereocenters. The van der Waals surface area contributed by atoms with Gasteiger partial charge in [-0.25, -0.2) is 18.4 Å². The molecule has 13 heteroatoms. The predicted octanol–water partition coefficient (Wildman–Crippen LogP) is 7.29. The van der Waals surface area contributed by atoms with E-state index in [9.17, 15) is 31.4 Å². The first-order valence-corrected chi connectivity index (χ1v) is 13.7. The molecule has 3 aromatic rings. The third-order valence-corrected chi connectivity index (χ3v) is 6.98. The Labute approximate surface area is 228 Å². The van der Waals surface area contributed by atoms with Crippen molar-refractivity contribution in [2.75, 3.05) is 11.6 Å². The first-order valence-electron chi connectivity index (χ1n) is 11.7. The van der Waals surface area contributed by atoms with Crippen LogP contribution in [0.2, 0.25) is 0 Å². The van der Waals surface area contributed by atoms with Crippen LogP contribution in [0.3, 0.4) is 0 Å². The number of carbonyl (C=O) groups is 2. The van der Waals surface area contributed by atoms with Crippen LogP contribution in [0.5, 0.6) is 11.6 Å². The number of aryl methyl sites for hydroxylation is 1. The number of nitrogens with zero attached hydrogens (tertiary/aromatic N) is 2. The summed E-state index contributed by atoms with van der Waals surface area (Å²) in [5.74, 6) is -1.91. The Morgan fingerprint density at radius 2 is 1.73 bits per heavy atom. The number of benzene rings is 2. The van der Waals surface area contributed by atoms with E-state index in [0.29, 0.717) is 11.8 Å². The molecular weight excluding hydrogens is 554 g/mol. The maximum absolute atomic E-state index is 13.6. The predicted molar refractivity (Wildman–Crippen MR) is 141 cm³/mol. The van der Waals surface area contributed by atoms with Crippen LogP contribution in [0.4, 0.5) is 28.0 Å². The van der Waals surface area contributed by atoms with Gasteiger partial charge in [0.05, 0.1) is 15.3 Å². The summed E-state index contributed by atoms with van der Waals surface area (Å²) in [6.45, 7) is 7.47. The molecule has 0 spiro atoms. The fourth-order valence-electron chi connectivity index (χ4n) is 3.52. The molecule has 2 amide bonds. The van der Waals surface area contributed by atoms with Crippen molar-refractivity contribution in [2.24, 2.45) is 4.36 Å². The molecular formula is C27H27F4N3O5S. The summed E-state index contributed by atoms with van der Waals surface area (Å²) < 4.78 is 82.0. The molecule has 1 unspecified atom stereocenters. The second-order valence-corrected chi connectivity index (χ2v) is 12.1. The van der Waals surface area contributed by atoms with Gasteiger partial charge in [0.1, 0.15) is 22.7 Å². The lowest BCUT2D eigenvalue weighted by atomic mass is 10.0. The molecule has 1 heterocycles. The van der Waals surface area contributed by atoms with E-state index in [1.54, 1.807) is 20.8 Å². The van der Waals surface area contributed by atoms with Gasteiger partial charge >= 0.3 is 12.3 Å². The number of rotatable bonds is 5. The van der Waals surface area contributed by atoms with Crippen molar-refractivity contribution in [1.82, 2.24) is 4.98 Å². The zero-order valence-corrected chi connectivity index (χ0v) is 23.3. The number of nitrogens with one attached hydrogen (secondary N) is 1. The fraction of sp³-hybridized carbons (Fsp3) is 0.296. The molecule has 214 valence electrons. The molecule has 40 heavy (non-hydrogen) atoms. The monoisotopic (exact) mass is 581 g/mol. The Morgan fingerprint density at radius 3 is 2.33 bits per heavy atom. The van der Waals surface area contributed by atoms with Crippen LogP contribution in [0.1, 0.15) is 47.8 Å². The zero-order chi connectivity index (χ0) is 30.0. The van der Waals surface area contributed by atoms with Gasteiger partial charge in [-0.1, -0.05) is 6.07 Å². The number of alkyl halides is 3. The van der Waals surface area contributed by atoms with E-state index in [4.69, 9.17) is 9.47 Å². The summed E-state index contributed by atoms with van der Waals surface area (Å²) in [4.78, 5) is 29.2. The zero-order valence-electron chi connectivity index (χ0n) is 22.5. The summed E-state index contributed by atoms with van der Waals surface area (Å²) in [7, 11) is -3.31. The van der Waals surface area contributed by atoms with Crippen LogP contribution >= 0.6 is 0 Å². The molecule has 0 radical (unpaired) electrons. The van der Waals surface area contributed by atoms with Gasteiger partial charge in [0, 0.05) is 23.0 Å². The molecule has 0 aliphatic heterocycles. The Hall–Kier alpha value is -4.00. The van der Waals surface area contributed by atoms with E-state index >= 15 is 0 Å². The van der Waals surface area contributed by atoms with Crippen molar-refractivity contribution in [3.05, 3.63) is 76.7 Å². The minimum absolute atomic E-state index is 0.0530. The average Bonchev–Trinajstić information content (AvgIpc) is 2.78. The van der Waals surface area contributed by atoms with Gasteiger partial charge in [0.25, 0.3) is 5.91 Å². The summed E-state index contributed by atoms with van der Waals surface area (Å²) in [5.41, 5.74) is -2.61. The number of carbonyl (C=O) groups excluding carboxylic acids is 2.